The van der Waals surface area contributed by atoms with Crippen molar-refractivity contribution in [2.24, 2.45) is 69.1 Å². The maximum Gasteiger partial charge on any atom is 0.408 e. The van der Waals surface area contributed by atoms with Gasteiger partial charge in [-0.15, -0.1) is 5.92 Å². The van der Waals surface area contributed by atoms with E-state index in [9.17, 15) is 39.0 Å². The van der Waals surface area contributed by atoms with Gasteiger partial charge in [0.25, 0.3) is 0 Å². The van der Waals surface area contributed by atoms with Crippen molar-refractivity contribution in [2.75, 3.05) is 31.6 Å². The van der Waals surface area contributed by atoms with Crippen molar-refractivity contribution in [3.05, 3.63) is 94.0 Å². The third-order valence-corrected chi connectivity index (χ3v) is 22.1. The van der Waals surface area contributed by atoms with Crippen LogP contribution in [-0.2, 0) is 58.9 Å². The maximum absolute atomic E-state index is 14.8. The van der Waals surface area contributed by atoms with E-state index in [-0.39, 0.29) is 83.8 Å². The molecule has 5 aliphatic carbocycles. The van der Waals surface area contributed by atoms with Gasteiger partial charge in [-0.3, -0.25) is 24.5 Å². The van der Waals surface area contributed by atoms with Crippen LogP contribution in [0.3, 0.4) is 0 Å². The van der Waals surface area contributed by atoms with Gasteiger partial charge in [0, 0.05) is 49.4 Å². The van der Waals surface area contributed by atoms with E-state index in [2.05, 4.69) is 66.1 Å². The van der Waals surface area contributed by atoms with E-state index in [4.69, 9.17) is 38.1 Å². The molecule has 0 bridgehead atoms. The van der Waals surface area contributed by atoms with Gasteiger partial charge in [0.05, 0.1) is 17.4 Å². The molecule has 0 heterocycles. The van der Waals surface area contributed by atoms with Crippen LogP contribution in [0.5, 0.6) is 5.75 Å². The first kappa shape index (κ1) is 71.3. The number of imide groups is 1. The van der Waals surface area contributed by atoms with Crippen molar-refractivity contribution in [1.82, 2.24) is 21.3 Å². The van der Waals surface area contributed by atoms with E-state index in [1.54, 1.807) is 18.2 Å². The normalized spacial score (nSPS) is 26.5. The number of urea groups is 1. The Balaban J connectivity index is 0.833. The molecule has 17 N–H and O–H groups in total. The predicted molar refractivity (Wildman–Crippen MR) is 356 cm³/mol. The first-order valence-corrected chi connectivity index (χ1v) is 34.0. The Hall–Kier alpha value is -6.60. The number of hydrogen-bond acceptors (Lipinski definition) is 14. The van der Waals surface area contributed by atoms with Gasteiger partial charge in [0.1, 0.15) is 31.1 Å². The fourth-order valence-electron chi connectivity index (χ4n) is 16.9. The van der Waals surface area contributed by atoms with E-state index in [1.807, 2.05) is 56.3 Å². The minimum Gasteiger partial charge on any atom is -0.508 e. The monoisotopic (exact) mass is 1270 g/mol. The first-order chi connectivity index (χ1) is 43.8. The molecular weight excluding hydrogens is 1160 g/mol. The molecule has 14 atom stereocenters. The standard InChI is InChI=1S/C72H106N10O10/c1-44(2)60(63(76)55(73)20-12-13-37-78-59(85)43-91-51-17-10-8-7-9-11-18-51)62(75)52(19-14-38-79-67(77)89)61(74)48-23-21-45(22-24-48)42-92-68(90)81-56(41-83)64(86)80-49-29-25-46-27-31-57-69(3,53(46)39-49)33-15-35-71(57,5)65(87)82-66(88)72(6)36-16-34-70(4)54-40-50(84)30-26-47(54)28-32-58(70)72/h21-26,29-30,39-40,44,51-52,55-58,60-63,83-84H,7-10,12-17,19-20,27-28,31-38,41-43,73-76H2,1-6H3,(H,78,85)(H,80,86)(H,81,90)(H3,77,79,89)(H,82,87,88)/t51?,52-,55-,56+,57-,58-,60+,61?,62?,63?,69-,70-,71+,72+/m1/s1. The number of unbranched alkanes of at least 4 members (excludes halogenated alkanes) is 1. The zero-order chi connectivity index (χ0) is 66.5. The van der Waals surface area contributed by atoms with Gasteiger partial charge < -0.3 is 69.6 Å². The number of nitrogens with two attached hydrogens (primary N) is 5. The topological polar surface area (TPSA) is 352 Å². The summed E-state index contributed by atoms with van der Waals surface area (Å²) >= 11 is 0. The smallest absolute Gasteiger partial charge is 0.408 e. The molecule has 2 fully saturated rings. The van der Waals surface area contributed by atoms with Crippen molar-refractivity contribution in [3.63, 3.8) is 0 Å². The number of anilines is 1. The molecule has 3 aromatic rings. The number of phenolic OH excluding ortho intramolecular Hbond substituents is 1. The Morgan fingerprint density at radius 2 is 1.34 bits per heavy atom. The lowest BCUT2D eigenvalue weighted by atomic mass is 9.49. The minimum absolute atomic E-state index is 0.000671. The van der Waals surface area contributed by atoms with E-state index in [0.29, 0.717) is 69.3 Å². The van der Waals surface area contributed by atoms with Crippen molar-refractivity contribution in [3.8, 4) is 17.6 Å². The molecule has 3 aromatic carbocycles. The largest absolute Gasteiger partial charge is 0.508 e. The lowest BCUT2D eigenvalue weighted by Gasteiger charge is -2.56. The van der Waals surface area contributed by atoms with Crippen LogP contribution in [0.25, 0.3) is 0 Å². The molecule has 8 rings (SSSR count). The van der Waals surface area contributed by atoms with Gasteiger partial charge in [-0.05, 0) is 194 Å². The molecule has 7 amide bonds. The van der Waals surface area contributed by atoms with Crippen LogP contribution in [0.15, 0.2) is 60.7 Å². The molecule has 504 valence electrons. The number of aliphatic hydroxyl groups excluding tert-OH is 1. The van der Waals surface area contributed by atoms with Crippen molar-refractivity contribution < 1.29 is 48.5 Å². The summed E-state index contributed by atoms with van der Waals surface area (Å²) in [5.41, 5.74) is 37.5. The third-order valence-electron chi connectivity index (χ3n) is 22.1. The van der Waals surface area contributed by atoms with E-state index < -0.39 is 65.1 Å². The van der Waals surface area contributed by atoms with Gasteiger partial charge in [0.2, 0.25) is 23.6 Å². The summed E-state index contributed by atoms with van der Waals surface area (Å²) in [7, 11) is 0. The molecule has 0 radical (unpaired) electrons. The van der Waals surface area contributed by atoms with Crippen LogP contribution >= 0.6 is 0 Å². The van der Waals surface area contributed by atoms with Crippen molar-refractivity contribution >= 4 is 41.4 Å². The molecule has 0 spiro atoms. The zero-order valence-corrected chi connectivity index (χ0v) is 55.3. The number of aliphatic hydroxyl groups is 1. The van der Waals surface area contributed by atoms with Gasteiger partial charge in [-0.2, -0.15) is 0 Å². The summed E-state index contributed by atoms with van der Waals surface area (Å²) in [5.74, 6) is 4.60. The number of alkyl carbamates (subject to hydrolysis) is 1. The molecular formula is C72H106N10O10. The second kappa shape index (κ2) is 31.6. The Morgan fingerprint density at radius 3 is 1.97 bits per heavy atom. The highest BCUT2D eigenvalue weighted by atomic mass is 16.5. The predicted octanol–water partition coefficient (Wildman–Crippen LogP) is 7.94. The average molecular weight is 1270 g/mol. The highest BCUT2D eigenvalue weighted by molar-refractivity contribution is 6.01. The lowest BCUT2D eigenvalue weighted by Crippen LogP contribution is -2.60. The quantitative estimate of drug-likeness (QED) is 0.0196. The number of aromatic hydroxyl groups is 1. The molecule has 5 aliphatic rings. The van der Waals surface area contributed by atoms with Crippen molar-refractivity contribution in [1.29, 1.82) is 0 Å². The summed E-state index contributed by atoms with van der Waals surface area (Å²) < 4.78 is 11.3. The number of benzene rings is 3. The number of fused-ring (bicyclic) bond motifs is 6. The first-order valence-electron chi connectivity index (χ1n) is 34.0. The molecule has 20 heteroatoms. The number of aryl methyl sites for hydroxylation is 2. The Morgan fingerprint density at radius 1 is 0.707 bits per heavy atom. The number of hydrogen-bond donors (Lipinski definition) is 12. The Kier molecular flexibility index (Phi) is 24.4. The number of nitrogens with one attached hydrogen (secondary N) is 5. The van der Waals surface area contributed by atoms with Crippen LogP contribution in [0.1, 0.15) is 197 Å². The number of amides is 7. The van der Waals surface area contributed by atoms with E-state index in [1.165, 1.54) is 5.56 Å². The fraction of sp³-hybridized carbons (Fsp3) is 0.639. The van der Waals surface area contributed by atoms with Crippen LogP contribution < -0.4 is 55.3 Å². The zero-order valence-electron chi connectivity index (χ0n) is 55.3. The average Bonchev–Trinajstić information content (AvgIpc) is 0.730. The van der Waals surface area contributed by atoms with Crippen LogP contribution in [-0.4, -0.2) is 103 Å². The molecule has 92 heavy (non-hydrogen) atoms. The van der Waals surface area contributed by atoms with Crippen LogP contribution in [0, 0.1) is 52.3 Å². The third kappa shape index (κ3) is 16.7. The second-order valence-corrected chi connectivity index (χ2v) is 28.6. The minimum atomic E-state index is -1.35. The van der Waals surface area contributed by atoms with E-state index in [0.717, 1.165) is 106 Å². The molecule has 0 aliphatic heterocycles. The van der Waals surface area contributed by atoms with E-state index >= 15 is 0 Å². The number of ether oxygens (including phenoxy) is 2. The number of phenols is 1. The summed E-state index contributed by atoms with van der Waals surface area (Å²) in [6, 6.07) is 14.8. The maximum atomic E-state index is 14.8. The number of carbonyl (C=O) groups is 6. The second-order valence-electron chi connectivity index (χ2n) is 28.6. The molecule has 0 aromatic heterocycles. The highest BCUT2D eigenvalue weighted by Crippen LogP contribution is 2.60. The van der Waals surface area contributed by atoms with Crippen LogP contribution in [0.2, 0.25) is 0 Å². The summed E-state index contributed by atoms with van der Waals surface area (Å²) in [6.45, 7) is 12.5. The number of primary amides is 1. The summed E-state index contributed by atoms with van der Waals surface area (Å²) in [4.78, 5) is 80.7. The molecule has 2 saturated carbocycles. The van der Waals surface area contributed by atoms with Crippen molar-refractivity contribution in [2.45, 2.75) is 224 Å². The molecule has 20 nitrogen and oxygen atoms in total. The SMILES string of the molecule is CC(C)[C@@H](C(N)[C@H](CCCNC(N)=O)C(N)c1ccc(COC(=O)N[C@@H](CO)C(=O)Nc2ccc3c(c2)[C@@]2(C)CCC[C@](C)(C(=O)NC(=O)[C@@]4(C)CCC[C@]5(C)c6cc(O)ccc6CC[C@@H]45)[C@@H]2CC3)cc1)C(N)[C@H](N)CCCCNC(=O)COC1C#CCCCCC1. The van der Waals surface area contributed by atoms with Gasteiger partial charge in [-0.1, -0.05) is 110 Å². The molecule has 0 saturated heterocycles. The van der Waals surface area contributed by atoms with Gasteiger partial charge in [-0.25, -0.2) is 9.59 Å². The van der Waals surface area contributed by atoms with Gasteiger partial charge >= 0.3 is 12.1 Å². The summed E-state index contributed by atoms with van der Waals surface area (Å²) in [5, 5.41) is 34.9. The van der Waals surface area contributed by atoms with Gasteiger partial charge in [0.15, 0.2) is 0 Å². The fourth-order valence-corrected chi connectivity index (χ4v) is 16.9. The molecule has 4 unspecified atom stereocenters. The summed E-state index contributed by atoms with van der Waals surface area (Å²) in [6.07, 6.45) is 14.7. The Labute approximate surface area is 544 Å². The van der Waals surface area contributed by atoms with Crippen LogP contribution in [0.4, 0.5) is 15.3 Å². The lowest BCUT2D eigenvalue weighted by molar-refractivity contribution is -0.150. The highest BCUT2D eigenvalue weighted by Gasteiger charge is 2.59. The number of rotatable bonds is 27. The number of carbonyl (C=O) groups excluding carboxylic acids is 6. The Bertz CT molecular complexity index is 3130.